The molecule has 0 N–H and O–H groups in total. The number of rotatable bonds is 5. The lowest BCUT2D eigenvalue weighted by molar-refractivity contribution is -0.137. The normalized spacial score (nSPS) is 16.6. The Morgan fingerprint density at radius 3 is 2.64 bits per heavy atom. The van der Waals surface area contributed by atoms with Gasteiger partial charge in [-0.15, -0.1) is 0 Å². The van der Waals surface area contributed by atoms with Crippen LogP contribution in [0.1, 0.15) is 44.2 Å². The van der Waals surface area contributed by atoms with Crippen LogP contribution in [0.5, 0.6) is 0 Å². The van der Waals surface area contributed by atoms with Gasteiger partial charge in [0.05, 0.1) is 0 Å². The van der Waals surface area contributed by atoms with Crippen molar-refractivity contribution in [1.29, 1.82) is 0 Å². The van der Waals surface area contributed by atoms with Crippen molar-refractivity contribution < 1.29 is 4.79 Å². The minimum absolute atomic E-state index is 0.166. The van der Waals surface area contributed by atoms with Gasteiger partial charge < -0.3 is 4.90 Å². The topological polar surface area (TPSA) is 38.1 Å². The van der Waals surface area contributed by atoms with Crippen molar-refractivity contribution in [2.45, 2.75) is 51.2 Å². The van der Waals surface area contributed by atoms with Crippen molar-refractivity contribution in [2.24, 2.45) is 0 Å². The summed E-state index contributed by atoms with van der Waals surface area (Å²) in [5, 5.41) is 4.22. The van der Waals surface area contributed by atoms with Crippen LogP contribution in [-0.4, -0.2) is 26.6 Å². The number of benzene rings is 1. The first-order chi connectivity index (χ1) is 10.8. The highest BCUT2D eigenvalue weighted by Gasteiger charge is 2.30. The lowest BCUT2D eigenvalue weighted by atomic mass is 10.1. The first kappa shape index (κ1) is 14.8. The third-order valence-corrected chi connectivity index (χ3v) is 4.52. The minimum Gasteiger partial charge on any atom is -0.334 e. The van der Waals surface area contributed by atoms with Gasteiger partial charge in [0.1, 0.15) is 6.04 Å². The summed E-state index contributed by atoms with van der Waals surface area (Å²) in [4.78, 5) is 15.1. The molecule has 3 rings (SSSR count). The van der Waals surface area contributed by atoms with Gasteiger partial charge in [0, 0.05) is 25.0 Å². The average molecular weight is 297 g/mol. The van der Waals surface area contributed by atoms with Gasteiger partial charge in [-0.3, -0.25) is 9.48 Å². The Hall–Kier alpha value is -2.10. The van der Waals surface area contributed by atoms with Crippen molar-refractivity contribution in [3.05, 3.63) is 54.4 Å². The molecule has 2 aromatic rings. The standard InChI is InChI=1S/C18H23N3O/c1-15(21-13-7-12-19-21)18(22)20(17-10-5-6-11-17)14-16-8-3-2-4-9-16/h2-4,7-9,12-13,15,17H,5-6,10-11,14H2,1H3/t15-/m1/s1. The number of amides is 1. The minimum atomic E-state index is -0.251. The zero-order valence-corrected chi connectivity index (χ0v) is 13.1. The molecule has 4 nitrogen and oxygen atoms in total. The maximum absolute atomic E-state index is 13.0. The van der Waals surface area contributed by atoms with Crippen molar-refractivity contribution in [2.75, 3.05) is 0 Å². The van der Waals surface area contributed by atoms with E-state index in [0.29, 0.717) is 12.6 Å². The van der Waals surface area contributed by atoms with Crippen LogP contribution < -0.4 is 0 Å². The van der Waals surface area contributed by atoms with Crippen LogP contribution in [0.3, 0.4) is 0 Å². The summed E-state index contributed by atoms with van der Waals surface area (Å²) in [7, 11) is 0. The highest BCUT2D eigenvalue weighted by molar-refractivity contribution is 5.80. The van der Waals surface area contributed by atoms with Crippen LogP contribution in [0.4, 0.5) is 0 Å². The zero-order chi connectivity index (χ0) is 15.4. The molecule has 1 heterocycles. The fraction of sp³-hybridized carbons (Fsp3) is 0.444. The van der Waals surface area contributed by atoms with E-state index >= 15 is 0 Å². The quantitative estimate of drug-likeness (QED) is 0.848. The molecule has 1 fully saturated rings. The third-order valence-electron chi connectivity index (χ3n) is 4.52. The molecule has 0 unspecified atom stereocenters. The molecule has 1 aliphatic carbocycles. The van der Waals surface area contributed by atoms with Crippen LogP contribution in [0.25, 0.3) is 0 Å². The molecule has 1 atom stereocenters. The molecule has 4 heteroatoms. The van der Waals surface area contributed by atoms with Crippen molar-refractivity contribution in [1.82, 2.24) is 14.7 Å². The van der Waals surface area contributed by atoms with E-state index in [0.717, 1.165) is 12.8 Å². The summed E-state index contributed by atoms with van der Waals surface area (Å²) in [6.45, 7) is 2.62. The number of hydrogen-bond donors (Lipinski definition) is 0. The maximum Gasteiger partial charge on any atom is 0.247 e. The second-order valence-corrected chi connectivity index (χ2v) is 6.05. The van der Waals surface area contributed by atoms with E-state index in [1.54, 1.807) is 10.9 Å². The Morgan fingerprint density at radius 2 is 2.00 bits per heavy atom. The lowest BCUT2D eigenvalue weighted by Gasteiger charge is -2.31. The fourth-order valence-electron chi connectivity index (χ4n) is 3.25. The van der Waals surface area contributed by atoms with Crippen LogP contribution in [0, 0.1) is 0 Å². The fourth-order valence-corrected chi connectivity index (χ4v) is 3.25. The van der Waals surface area contributed by atoms with Gasteiger partial charge in [-0.05, 0) is 31.4 Å². The predicted molar refractivity (Wildman–Crippen MR) is 86.2 cm³/mol. The van der Waals surface area contributed by atoms with E-state index < -0.39 is 0 Å². The molecule has 1 aromatic carbocycles. The lowest BCUT2D eigenvalue weighted by Crippen LogP contribution is -2.42. The van der Waals surface area contributed by atoms with Gasteiger partial charge >= 0.3 is 0 Å². The Balaban J connectivity index is 1.79. The van der Waals surface area contributed by atoms with E-state index in [9.17, 15) is 4.79 Å². The molecule has 1 saturated carbocycles. The molecule has 116 valence electrons. The van der Waals surface area contributed by atoms with Gasteiger partial charge in [0.15, 0.2) is 0 Å². The van der Waals surface area contributed by atoms with E-state index in [1.165, 1.54) is 18.4 Å². The van der Waals surface area contributed by atoms with Gasteiger partial charge in [0.25, 0.3) is 0 Å². The average Bonchev–Trinajstić information content (AvgIpc) is 3.25. The summed E-state index contributed by atoms with van der Waals surface area (Å²) in [6.07, 6.45) is 8.26. The van der Waals surface area contributed by atoms with Gasteiger partial charge in [-0.25, -0.2) is 0 Å². The number of aromatic nitrogens is 2. The number of carbonyl (C=O) groups excluding carboxylic acids is 1. The smallest absolute Gasteiger partial charge is 0.247 e. The molecule has 1 amide bonds. The highest BCUT2D eigenvalue weighted by atomic mass is 16.2. The SMILES string of the molecule is C[C@H](C(=O)N(Cc1ccccc1)C1CCCC1)n1cccn1. The summed E-state index contributed by atoms with van der Waals surface area (Å²) in [5.74, 6) is 0.166. The third kappa shape index (κ3) is 3.21. The monoisotopic (exact) mass is 297 g/mol. The van der Waals surface area contributed by atoms with Gasteiger partial charge in [0.2, 0.25) is 5.91 Å². The molecule has 1 aromatic heterocycles. The molecule has 0 saturated heterocycles. The Labute approximate surface area is 131 Å². The van der Waals surface area contributed by atoms with E-state index in [2.05, 4.69) is 22.1 Å². The second-order valence-electron chi connectivity index (χ2n) is 6.05. The Bertz CT molecular complexity index is 588. The van der Waals surface area contributed by atoms with Crippen molar-refractivity contribution in [3.63, 3.8) is 0 Å². The van der Waals surface area contributed by atoms with Crippen molar-refractivity contribution >= 4 is 5.91 Å². The van der Waals surface area contributed by atoms with Gasteiger partial charge in [-0.1, -0.05) is 43.2 Å². The van der Waals surface area contributed by atoms with Gasteiger partial charge in [-0.2, -0.15) is 5.10 Å². The number of nitrogens with zero attached hydrogens (tertiary/aromatic N) is 3. The summed E-state index contributed by atoms with van der Waals surface area (Å²) in [6, 6.07) is 12.2. The highest BCUT2D eigenvalue weighted by Crippen LogP contribution is 2.27. The van der Waals surface area contributed by atoms with Crippen LogP contribution in [0.2, 0.25) is 0 Å². The first-order valence-corrected chi connectivity index (χ1v) is 8.09. The largest absolute Gasteiger partial charge is 0.334 e. The molecule has 0 radical (unpaired) electrons. The molecular weight excluding hydrogens is 274 g/mol. The van der Waals surface area contributed by atoms with E-state index in [1.807, 2.05) is 37.4 Å². The molecular formula is C18H23N3O. The van der Waals surface area contributed by atoms with E-state index in [-0.39, 0.29) is 11.9 Å². The number of carbonyl (C=O) groups is 1. The molecule has 1 aliphatic rings. The Morgan fingerprint density at radius 1 is 1.27 bits per heavy atom. The molecule has 0 aliphatic heterocycles. The van der Waals surface area contributed by atoms with Crippen LogP contribution in [-0.2, 0) is 11.3 Å². The molecule has 22 heavy (non-hydrogen) atoms. The zero-order valence-electron chi connectivity index (χ0n) is 13.1. The summed E-state index contributed by atoms with van der Waals surface area (Å²) < 4.78 is 1.75. The first-order valence-electron chi connectivity index (χ1n) is 8.09. The van der Waals surface area contributed by atoms with Crippen LogP contribution >= 0.6 is 0 Å². The summed E-state index contributed by atoms with van der Waals surface area (Å²) in [5.41, 5.74) is 1.19. The Kier molecular flexibility index (Phi) is 4.56. The van der Waals surface area contributed by atoms with Crippen molar-refractivity contribution in [3.8, 4) is 0 Å². The molecule has 0 bridgehead atoms. The number of hydrogen-bond acceptors (Lipinski definition) is 2. The predicted octanol–water partition coefficient (Wildman–Crippen LogP) is 3.42. The maximum atomic E-state index is 13.0. The second kappa shape index (κ2) is 6.77. The molecule has 0 spiro atoms. The summed E-state index contributed by atoms with van der Waals surface area (Å²) >= 11 is 0. The van der Waals surface area contributed by atoms with E-state index in [4.69, 9.17) is 0 Å². The van der Waals surface area contributed by atoms with Crippen LogP contribution in [0.15, 0.2) is 48.8 Å².